The molecule has 4 unspecified atom stereocenters. The average molecular weight is 315 g/mol. The van der Waals surface area contributed by atoms with Crippen LogP contribution in [0.5, 0.6) is 0 Å². The normalized spacial score (nSPS) is 28.7. The molecule has 1 aliphatic rings. The van der Waals surface area contributed by atoms with Crippen LogP contribution in [0.25, 0.3) is 0 Å². The van der Waals surface area contributed by atoms with Gasteiger partial charge in [0.2, 0.25) is 0 Å². The number of hydrogen-bond donors (Lipinski definition) is 0. The van der Waals surface area contributed by atoms with Crippen LogP contribution in [0.2, 0.25) is 0 Å². The summed E-state index contributed by atoms with van der Waals surface area (Å²) in [6, 6.07) is 0. The molecule has 1 saturated carbocycles. The Kier molecular flexibility index (Phi) is 15.3. The summed E-state index contributed by atoms with van der Waals surface area (Å²) in [6.45, 7) is 30.7. The van der Waals surface area contributed by atoms with Crippen LogP contribution in [-0.4, -0.2) is 0 Å². The van der Waals surface area contributed by atoms with Crippen molar-refractivity contribution in [2.24, 2.45) is 34.5 Å². The second-order valence-corrected chi connectivity index (χ2v) is 9.32. The molecule has 138 valence electrons. The van der Waals surface area contributed by atoms with Crippen LogP contribution in [0.1, 0.15) is 97.9 Å². The molecule has 1 rings (SSSR count). The molecule has 0 radical (unpaired) electrons. The van der Waals surface area contributed by atoms with Crippen LogP contribution in [0.15, 0.2) is 12.2 Å². The van der Waals surface area contributed by atoms with E-state index in [2.05, 4.69) is 75.8 Å². The van der Waals surface area contributed by atoms with Gasteiger partial charge in [-0.3, -0.25) is 0 Å². The third-order valence-electron chi connectivity index (χ3n) is 4.75. The first kappa shape index (κ1) is 29.7. The maximum atomic E-state index is 3.56. The molecule has 1 fully saturated rings. The van der Waals surface area contributed by atoms with Crippen molar-refractivity contribution in [1.82, 2.24) is 0 Å². The highest BCUT2D eigenvalue weighted by Crippen LogP contribution is 2.53. The zero-order valence-electron chi connectivity index (χ0n) is 16.5. The van der Waals surface area contributed by atoms with E-state index in [0.717, 1.165) is 23.7 Å². The summed E-state index contributed by atoms with van der Waals surface area (Å²) in [5.41, 5.74) is 2.22. The zero-order chi connectivity index (χ0) is 16.9. The number of rotatable bonds is 0. The highest BCUT2D eigenvalue weighted by molar-refractivity contribution is 4.95. The Morgan fingerprint density at radius 2 is 0.909 bits per heavy atom. The van der Waals surface area contributed by atoms with Gasteiger partial charge in [0, 0.05) is 0 Å². The van der Waals surface area contributed by atoms with Gasteiger partial charge in [0.15, 0.2) is 0 Å². The summed E-state index contributed by atoms with van der Waals surface area (Å²) in [6.07, 6.45) is 0. The molecule has 0 aliphatic heterocycles. The maximum Gasteiger partial charge on any atom is -0.0298 e. The van der Waals surface area contributed by atoms with Crippen LogP contribution in [0, 0.1) is 34.5 Å². The van der Waals surface area contributed by atoms with Gasteiger partial charge in [-0.2, -0.15) is 0 Å². The van der Waals surface area contributed by atoms with E-state index in [4.69, 9.17) is 0 Å². The van der Waals surface area contributed by atoms with E-state index in [0.29, 0.717) is 10.8 Å². The molecular weight excluding hydrogens is 264 g/mol. The second kappa shape index (κ2) is 11.3. The smallest absolute Gasteiger partial charge is 0.0298 e. The molecule has 0 bridgehead atoms. The first-order chi connectivity index (χ1) is 8.62. The first-order valence-corrected chi connectivity index (χ1v) is 8.24. The maximum absolute atomic E-state index is 3.56. The molecule has 1 aliphatic carbocycles. The Bertz CT molecular complexity index is 251. The second-order valence-electron chi connectivity index (χ2n) is 9.32. The first-order valence-electron chi connectivity index (χ1n) is 8.24. The van der Waals surface area contributed by atoms with E-state index in [9.17, 15) is 0 Å². The highest BCUT2D eigenvalue weighted by Gasteiger charge is 2.46. The van der Waals surface area contributed by atoms with Gasteiger partial charge in [0.25, 0.3) is 0 Å². The molecule has 22 heavy (non-hydrogen) atoms. The van der Waals surface area contributed by atoms with Crippen molar-refractivity contribution in [3.8, 4) is 0 Å². The van der Waals surface area contributed by atoms with Gasteiger partial charge in [-0.15, -0.1) is 6.58 Å². The van der Waals surface area contributed by atoms with Crippen LogP contribution in [0.3, 0.4) is 0 Å². The summed E-state index contributed by atoms with van der Waals surface area (Å²) >= 11 is 0. The average Bonchev–Trinajstić information content (AvgIpc) is 2.31. The van der Waals surface area contributed by atoms with Crippen molar-refractivity contribution in [2.75, 3.05) is 0 Å². The number of hydrogen-bond acceptors (Lipinski definition) is 0. The third kappa shape index (κ3) is 12.3. The molecule has 0 heterocycles. The molecule has 0 heteroatoms. The predicted octanol–water partition coefficient (Wildman–Crippen LogP) is 8.48. The molecule has 0 aromatic rings. The van der Waals surface area contributed by atoms with Crippen molar-refractivity contribution in [2.45, 2.75) is 97.9 Å². The fourth-order valence-electron chi connectivity index (χ4n) is 2.68. The fraction of sp³-hybridized carbons (Fsp3) is 0.909. The lowest BCUT2D eigenvalue weighted by atomic mass is 9.76. The van der Waals surface area contributed by atoms with Gasteiger partial charge < -0.3 is 0 Å². The lowest BCUT2D eigenvalue weighted by Crippen LogP contribution is -2.22. The molecule has 0 spiro atoms. The topological polar surface area (TPSA) is 0 Å². The Labute approximate surface area is 145 Å². The molecule has 0 N–H and O–H groups in total. The van der Waals surface area contributed by atoms with Crippen molar-refractivity contribution < 1.29 is 0 Å². The minimum atomic E-state index is 0. The van der Waals surface area contributed by atoms with Crippen molar-refractivity contribution >= 4 is 0 Å². The summed E-state index contributed by atoms with van der Waals surface area (Å²) in [5, 5.41) is 0. The summed E-state index contributed by atoms with van der Waals surface area (Å²) in [5.74, 6) is 3.57. The van der Waals surface area contributed by atoms with Gasteiger partial charge in [0.05, 0.1) is 0 Å². The zero-order valence-corrected chi connectivity index (χ0v) is 16.5. The molecule has 0 saturated heterocycles. The highest BCUT2D eigenvalue weighted by atomic mass is 14.5. The van der Waals surface area contributed by atoms with Crippen LogP contribution in [-0.2, 0) is 0 Å². The Morgan fingerprint density at radius 3 is 0.955 bits per heavy atom. The minimum Gasteiger partial charge on any atom is -0.100 e. The van der Waals surface area contributed by atoms with Gasteiger partial charge in [-0.05, 0) is 48.3 Å². The third-order valence-corrected chi connectivity index (χ3v) is 4.75. The van der Waals surface area contributed by atoms with Crippen LogP contribution < -0.4 is 0 Å². The molecule has 0 aromatic carbocycles. The fourth-order valence-corrected chi connectivity index (χ4v) is 2.68. The van der Waals surface area contributed by atoms with Gasteiger partial charge in [-0.1, -0.05) is 89.7 Å². The summed E-state index contributed by atoms with van der Waals surface area (Å²) < 4.78 is 0. The van der Waals surface area contributed by atoms with E-state index >= 15 is 0 Å². The van der Waals surface area contributed by atoms with E-state index in [1.807, 2.05) is 13.8 Å². The Balaban J connectivity index is -0.000000126. The van der Waals surface area contributed by atoms with Crippen molar-refractivity contribution in [3.05, 3.63) is 12.2 Å². The predicted molar refractivity (Wildman–Crippen MR) is 110 cm³/mol. The van der Waals surface area contributed by atoms with Crippen LogP contribution in [0.4, 0.5) is 0 Å². The molecule has 0 nitrogen and oxygen atoms in total. The summed E-state index contributed by atoms with van der Waals surface area (Å²) in [4.78, 5) is 0. The molecular formula is C22H50. The lowest BCUT2D eigenvalue weighted by molar-refractivity contribution is 0.193. The van der Waals surface area contributed by atoms with Gasteiger partial charge >= 0.3 is 0 Å². The SMILES string of the molecule is C.C.C=C(C)C.CC(C)(C)C.CC1C(C)C(C)C(C)(C)C1C. The molecule has 0 amide bonds. The Hall–Kier alpha value is -0.260. The minimum absolute atomic E-state index is 0. The van der Waals surface area contributed by atoms with Crippen molar-refractivity contribution in [3.63, 3.8) is 0 Å². The molecule has 4 atom stereocenters. The lowest BCUT2D eigenvalue weighted by Gasteiger charge is -2.30. The van der Waals surface area contributed by atoms with Gasteiger partial charge in [-0.25, -0.2) is 0 Å². The number of allylic oxidation sites excluding steroid dienone is 1. The van der Waals surface area contributed by atoms with E-state index in [1.54, 1.807) is 0 Å². The molecule has 0 aromatic heterocycles. The standard InChI is InChI=1S/C11H22.C5H12.C4H8.2CH4/c1-7-8(2)10(4)11(5,6)9(7)3;1-5(2,3)4;1-4(2)3;;/h7-10H,1-6H3;1-4H3;1H2,2-3H3;2*1H4. The van der Waals surface area contributed by atoms with E-state index in [1.165, 1.54) is 5.57 Å². The van der Waals surface area contributed by atoms with E-state index in [-0.39, 0.29) is 14.9 Å². The van der Waals surface area contributed by atoms with Gasteiger partial charge in [0.1, 0.15) is 0 Å². The van der Waals surface area contributed by atoms with Crippen molar-refractivity contribution in [1.29, 1.82) is 0 Å². The summed E-state index contributed by atoms with van der Waals surface area (Å²) in [7, 11) is 0. The largest absolute Gasteiger partial charge is 0.100 e. The quantitative estimate of drug-likeness (QED) is 0.393. The monoisotopic (exact) mass is 314 g/mol. The van der Waals surface area contributed by atoms with E-state index < -0.39 is 0 Å². The Morgan fingerprint density at radius 1 is 0.773 bits per heavy atom. The van der Waals surface area contributed by atoms with Crippen LogP contribution >= 0.6 is 0 Å².